The lowest BCUT2D eigenvalue weighted by atomic mass is 9.73. The van der Waals surface area contributed by atoms with Gasteiger partial charge in [0.2, 0.25) is 5.91 Å². The molecule has 1 saturated carbocycles. The van der Waals surface area contributed by atoms with E-state index >= 15 is 0 Å². The molecule has 0 spiro atoms. The average Bonchev–Trinajstić information content (AvgIpc) is 2.38. The largest absolute Gasteiger partial charge is 0.391 e. The van der Waals surface area contributed by atoms with Gasteiger partial charge in [0.25, 0.3) is 0 Å². The molecular weight excluding hydrogens is 216 g/mol. The molecule has 0 aromatic carbocycles. The SMILES string of the molecule is NCC1(C(=O)N2CCCC(O)C2)CCCCC1. The summed E-state index contributed by atoms with van der Waals surface area (Å²) in [4.78, 5) is 14.4. The van der Waals surface area contributed by atoms with E-state index in [1.54, 1.807) is 0 Å². The van der Waals surface area contributed by atoms with Crippen LogP contribution in [0.5, 0.6) is 0 Å². The molecule has 2 aliphatic rings. The second-order valence-electron chi connectivity index (χ2n) is 5.59. The van der Waals surface area contributed by atoms with E-state index in [-0.39, 0.29) is 17.4 Å². The standard InChI is InChI=1S/C13H24N2O2/c14-10-13(6-2-1-3-7-13)12(17)15-8-4-5-11(16)9-15/h11,16H,1-10,14H2. The Balaban J connectivity index is 2.05. The molecule has 1 unspecified atom stereocenters. The third-order valence-corrected chi connectivity index (χ3v) is 4.34. The second kappa shape index (κ2) is 5.36. The van der Waals surface area contributed by atoms with Gasteiger partial charge in [0, 0.05) is 19.6 Å². The Hall–Kier alpha value is -0.610. The van der Waals surface area contributed by atoms with Crippen molar-refractivity contribution >= 4 is 5.91 Å². The number of β-amino-alcohol motifs (C(OH)–C–C–N with tert-alkyl or cyclic N) is 1. The Labute approximate surface area is 103 Å². The molecule has 2 fully saturated rings. The summed E-state index contributed by atoms with van der Waals surface area (Å²) in [6, 6.07) is 0. The monoisotopic (exact) mass is 240 g/mol. The normalized spacial score (nSPS) is 29.1. The molecule has 17 heavy (non-hydrogen) atoms. The van der Waals surface area contributed by atoms with E-state index in [1.807, 2.05) is 4.90 Å². The average molecular weight is 240 g/mol. The van der Waals surface area contributed by atoms with Crippen molar-refractivity contribution in [2.24, 2.45) is 11.1 Å². The fraction of sp³-hybridized carbons (Fsp3) is 0.923. The Morgan fingerprint density at radius 2 is 2.00 bits per heavy atom. The Kier molecular flexibility index (Phi) is 4.05. The molecule has 0 radical (unpaired) electrons. The van der Waals surface area contributed by atoms with Crippen molar-refractivity contribution in [3.05, 3.63) is 0 Å². The minimum Gasteiger partial charge on any atom is -0.391 e. The van der Waals surface area contributed by atoms with Gasteiger partial charge in [-0.3, -0.25) is 4.79 Å². The van der Waals surface area contributed by atoms with Gasteiger partial charge < -0.3 is 15.7 Å². The summed E-state index contributed by atoms with van der Waals surface area (Å²) in [5, 5.41) is 9.66. The molecule has 4 nitrogen and oxygen atoms in total. The Bertz CT molecular complexity index is 275. The highest BCUT2D eigenvalue weighted by molar-refractivity contribution is 5.83. The van der Waals surface area contributed by atoms with Crippen LogP contribution < -0.4 is 5.73 Å². The minimum atomic E-state index is -0.342. The number of piperidine rings is 1. The number of hydrogen-bond donors (Lipinski definition) is 2. The first kappa shape index (κ1) is 12.8. The molecular formula is C13H24N2O2. The van der Waals surface area contributed by atoms with Crippen LogP contribution in [-0.4, -0.2) is 41.7 Å². The van der Waals surface area contributed by atoms with Gasteiger partial charge in [-0.1, -0.05) is 19.3 Å². The zero-order valence-corrected chi connectivity index (χ0v) is 10.5. The Morgan fingerprint density at radius 3 is 2.59 bits per heavy atom. The summed E-state index contributed by atoms with van der Waals surface area (Å²) in [7, 11) is 0. The first-order chi connectivity index (χ1) is 8.18. The maximum absolute atomic E-state index is 12.6. The molecule has 3 N–H and O–H groups in total. The van der Waals surface area contributed by atoms with Crippen molar-refractivity contribution < 1.29 is 9.90 Å². The molecule has 1 aliphatic heterocycles. The van der Waals surface area contributed by atoms with Gasteiger partial charge in [-0.05, 0) is 25.7 Å². The van der Waals surface area contributed by atoms with Gasteiger partial charge in [0.05, 0.1) is 11.5 Å². The van der Waals surface area contributed by atoms with Gasteiger partial charge in [-0.15, -0.1) is 0 Å². The maximum atomic E-state index is 12.6. The summed E-state index contributed by atoms with van der Waals surface area (Å²) < 4.78 is 0. The molecule has 0 aromatic rings. The van der Waals surface area contributed by atoms with Crippen molar-refractivity contribution in [1.29, 1.82) is 0 Å². The quantitative estimate of drug-likeness (QED) is 0.753. The topological polar surface area (TPSA) is 66.6 Å². The van der Waals surface area contributed by atoms with Crippen molar-refractivity contribution in [2.75, 3.05) is 19.6 Å². The van der Waals surface area contributed by atoms with Crippen LogP contribution in [0.3, 0.4) is 0 Å². The second-order valence-corrected chi connectivity index (χ2v) is 5.59. The summed E-state index contributed by atoms with van der Waals surface area (Å²) in [6.45, 7) is 1.75. The zero-order chi connectivity index (χ0) is 12.3. The molecule has 1 heterocycles. The number of nitrogens with zero attached hydrogens (tertiary/aromatic N) is 1. The number of aliphatic hydroxyl groups excluding tert-OH is 1. The number of carbonyl (C=O) groups excluding carboxylic acids is 1. The van der Waals surface area contributed by atoms with E-state index in [4.69, 9.17) is 5.73 Å². The van der Waals surface area contributed by atoms with Gasteiger partial charge >= 0.3 is 0 Å². The molecule has 1 amide bonds. The van der Waals surface area contributed by atoms with Gasteiger partial charge in [0.15, 0.2) is 0 Å². The van der Waals surface area contributed by atoms with Crippen LogP contribution in [0.25, 0.3) is 0 Å². The van der Waals surface area contributed by atoms with Crippen LogP contribution in [0.4, 0.5) is 0 Å². The third kappa shape index (κ3) is 2.63. The van der Waals surface area contributed by atoms with Crippen LogP contribution in [0.1, 0.15) is 44.9 Å². The molecule has 0 aromatic heterocycles. The fourth-order valence-electron chi connectivity index (χ4n) is 3.21. The maximum Gasteiger partial charge on any atom is 0.230 e. The number of aliphatic hydroxyl groups is 1. The lowest BCUT2D eigenvalue weighted by Gasteiger charge is -2.41. The van der Waals surface area contributed by atoms with Crippen LogP contribution in [0.15, 0.2) is 0 Å². The first-order valence-electron chi connectivity index (χ1n) is 6.85. The molecule has 0 bridgehead atoms. The molecule has 1 saturated heterocycles. The van der Waals surface area contributed by atoms with Crippen LogP contribution in [-0.2, 0) is 4.79 Å². The molecule has 1 aliphatic carbocycles. The summed E-state index contributed by atoms with van der Waals surface area (Å²) >= 11 is 0. The van der Waals surface area contributed by atoms with E-state index in [0.717, 1.165) is 45.1 Å². The Morgan fingerprint density at radius 1 is 1.29 bits per heavy atom. The predicted molar refractivity (Wildman–Crippen MR) is 66.4 cm³/mol. The van der Waals surface area contributed by atoms with Crippen molar-refractivity contribution in [1.82, 2.24) is 4.90 Å². The summed E-state index contributed by atoms with van der Waals surface area (Å²) in [5.41, 5.74) is 5.55. The summed E-state index contributed by atoms with van der Waals surface area (Å²) in [6.07, 6.45) is 6.68. The van der Waals surface area contributed by atoms with E-state index in [0.29, 0.717) is 13.1 Å². The highest BCUT2D eigenvalue weighted by atomic mass is 16.3. The molecule has 2 rings (SSSR count). The first-order valence-corrected chi connectivity index (χ1v) is 6.85. The van der Waals surface area contributed by atoms with E-state index in [9.17, 15) is 9.90 Å². The van der Waals surface area contributed by atoms with E-state index in [2.05, 4.69) is 0 Å². The lowest BCUT2D eigenvalue weighted by molar-refractivity contribution is -0.146. The van der Waals surface area contributed by atoms with Crippen LogP contribution in [0.2, 0.25) is 0 Å². The van der Waals surface area contributed by atoms with Crippen molar-refractivity contribution in [3.63, 3.8) is 0 Å². The van der Waals surface area contributed by atoms with Gasteiger partial charge in [0.1, 0.15) is 0 Å². The smallest absolute Gasteiger partial charge is 0.230 e. The molecule has 1 atom stereocenters. The number of hydrogen-bond acceptors (Lipinski definition) is 3. The number of rotatable bonds is 2. The van der Waals surface area contributed by atoms with E-state index < -0.39 is 0 Å². The zero-order valence-electron chi connectivity index (χ0n) is 10.5. The van der Waals surface area contributed by atoms with Crippen molar-refractivity contribution in [3.8, 4) is 0 Å². The number of likely N-dealkylation sites (tertiary alicyclic amines) is 1. The minimum absolute atomic E-state index is 0.193. The van der Waals surface area contributed by atoms with Crippen molar-refractivity contribution in [2.45, 2.75) is 51.0 Å². The van der Waals surface area contributed by atoms with Crippen LogP contribution >= 0.6 is 0 Å². The fourth-order valence-corrected chi connectivity index (χ4v) is 3.21. The van der Waals surface area contributed by atoms with Crippen LogP contribution in [0, 0.1) is 5.41 Å². The number of amides is 1. The number of carbonyl (C=O) groups is 1. The third-order valence-electron chi connectivity index (χ3n) is 4.34. The predicted octanol–water partition coefficient (Wildman–Crippen LogP) is 0.879. The lowest BCUT2D eigenvalue weighted by Crippen LogP contribution is -2.52. The van der Waals surface area contributed by atoms with E-state index in [1.165, 1.54) is 6.42 Å². The summed E-state index contributed by atoms with van der Waals surface area (Å²) in [5.74, 6) is 0.193. The van der Waals surface area contributed by atoms with Gasteiger partial charge in [-0.25, -0.2) is 0 Å². The molecule has 98 valence electrons. The highest BCUT2D eigenvalue weighted by Gasteiger charge is 2.41. The highest BCUT2D eigenvalue weighted by Crippen LogP contribution is 2.37. The molecule has 4 heteroatoms. The number of nitrogens with two attached hydrogens (primary N) is 1. The van der Waals surface area contributed by atoms with Gasteiger partial charge in [-0.2, -0.15) is 0 Å².